The molecular weight excluding hydrogens is 394 g/mol. The number of esters is 1. The van der Waals surface area contributed by atoms with Gasteiger partial charge in [-0.25, -0.2) is 4.79 Å². The van der Waals surface area contributed by atoms with Crippen LogP contribution in [0.1, 0.15) is 64.8 Å². The molecule has 2 aromatic rings. The minimum absolute atomic E-state index is 0.105. The number of ketones is 1. The molecule has 0 spiro atoms. The van der Waals surface area contributed by atoms with Crippen LogP contribution >= 0.6 is 11.6 Å². The maximum atomic E-state index is 12.6. The van der Waals surface area contributed by atoms with Gasteiger partial charge in [0, 0.05) is 23.0 Å². The molecule has 29 heavy (non-hydrogen) atoms. The molecule has 0 unspecified atom stereocenters. The van der Waals surface area contributed by atoms with Gasteiger partial charge in [0.2, 0.25) is 5.78 Å². The highest BCUT2D eigenvalue weighted by Crippen LogP contribution is 2.39. The van der Waals surface area contributed by atoms with Crippen molar-refractivity contribution in [1.29, 1.82) is 0 Å². The molecule has 1 aliphatic rings. The van der Waals surface area contributed by atoms with Crippen molar-refractivity contribution in [2.75, 3.05) is 13.7 Å². The van der Waals surface area contributed by atoms with Crippen LogP contribution in [0.3, 0.4) is 0 Å². The van der Waals surface area contributed by atoms with Crippen LogP contribution in [0.5, 0.6) is 11.5 Å². The highest BCUT2D eigenvalue weighted by atomic mass is 35.5. The van der Waals surface area contributed by atoms with E-state index in [4.69, 9.17) is 25.8 Å². The topological polar surface area (TPSA) is 66.8 Å². The first kappa shape index (κ1) is 21.2. The molecule has 0 atom stereocenters. The van der Waals surface area contributed by atoms with Gasteiger partial charge in [-0.2, -0.15) is 0 Å². The van der Waals surface area contributed by atoms with Crippen LogP contribution in [-0.4, -0.2) is 36.1 Å². The number of carbonyl (C=O) groups is 2. The predicted molar refractivity (Wildman–Crippen MR) is 111 cm³/mol. The molecule has 1 saturated carbocycles. The van der Waals surface area contributed by atoms with E-state index in [0.717, 1.165) is 24.2 Å². The molecule has 1 aromatic carbocycles. The number of Topliss-reactive ketones (excluding diaryl/α,β-unsaturated/α-hetero) is 1. The first-order valence-corrected chi connectivity index (χ1v) is 10.0. The molecule has 3 rings (SSSR count). The molecule has 1 aromatic heterocycles. The normalized spacial score (nSPS) is 13.5. The average Bonchev–Trinajstić information content (AvgIpc) is 3.45. The van der Waals surface area contributed by atoms with Gasteiger partial charge in [-0.3, -0.25) is 4.79 Å². The lowest BCUT2D eigenvalue weighted by atomic mass is 10.1. The Balaban J connectivity index is 1.71. The van der Waals surface area contributed by atoms with E-state index in [1.54, 1.807) is 0 Å². The lowest BCUT2D eigenvalue weighted by molar-refractivity contribution is 0.0474. The Morgan fingerprint density at radius 2 is 1.90 bits per heavy atom. The lowest BCUT2D eigenvalue weighted by Gasteiger charge is -2.16. The number of carbonyl (C=O) groups excluding carboxylic acids is 2. The number of nitrogens with zero attached hydrogens (tertiary/aromatic N) is 1. The molecule has 1 aliphatic carbocycles. The summed E-state index contributed by atoms with van der Waals surface area (Å²) in [7, 11) is 1.47. The lowest BCUT2D eigenvalue weighted by Crippen LogP contribution is -2.15. The molecular formula is C22H26ClNO5. The van der Waals surface area contributed by atoms with Gasteiger partial charge in [0.05, 0.1) is 23.8 Å². The number of ether oxygens (including phenoxy) is 3. The third-order valence-electron chi connectivity index (χ3n) is 4.85. The smallest absolute Gasteiger partial charge is 0.338 e. The largest absolute Gasteiger partial charge is 0.493 e. The number of halogens is 1. The second-order valence-corrected chi connectivity index (χ2v) is 7.95. The average molecular weight is 420 g/mol. The maximum absolute atomic E-state index is 12.6. The molecule has 7 heteroatoms. The Morgan fingerprint density at radius 3 is 2.48 bits per heavy atom. The van der Waals surface area contributed by atoms with Gasteiger partial charge in [0.1, 0.15) is 0 Å². The van der Waals surface area contributed by atoms with Gasteiger partial charge in [0.25, 0.3) is 0 Å². The zero-order chi connectivity index (χ0) is 21.3. The van der Waals surface area contributed by atoms with Crippen LogP contribution < -0.4 is 9.47 Å². The number of aromatic nitrogens is 1. The predicted octanol–water partition coefficient (Wildman–Crippen LogP) is 4.93. The Hall–Kier alpha value is -2.47. The second kappa shape index (κ2) is 8.49. The summed E-state index contributed by atoms with van der Waals surface area (Å²) >= 11 is 6.25. The van der Waals surface area contributed by atoms with Crippen LogP contribution in [0.15, 0.2) is 18.2 Å². The van der Waals surface area contributed by atoms with Gasteiger partial charge in [-0.15, -0.1) is 0 Å². The Morgan fingerprint density at radius 1 is 1.21 bits per heavy atom. The SMILES string of the molecule is COc1cc(C(=O)OCC(=O)c2cc(C)n(C3CC3)c2C)cc(Cl)c1OC(C)C. The standard InChI is InChI=1S/C22H26ClNO5/c1-12(2)29-21-18(23)9-15(10-20(21)27-5)22(26)28-11-19(25)17-8-13(3)24(14(17)4)16-6-7-16/h8-10,12,16H,6-7,11H2,1-5H3. The molecule has 0 aliphatic heterocycles. The maximum Gasteiger partial charge on any atom is 0.338 e. The molecule has 0 N–H and O–H groups in total. The van der Waals surface area contributed by atoms with E-state index in [1.807, 2.05) is 33.8 Å². The minimum Gasteiger partial charge on any atom is -0.493 e. The third kappa shape index (κ3) is 4.58. The Labute approximate surface area is 175 Å². The minimum atomic E-state index is -0.648. The van der Waals surface area contributed by atoms with Gasteiger partial charge < -0.3 is 18.8 Å². The van der Waals surface area contributed by atoms with Crippen LogP contribution in [-0.2, 0) is 4.74 Å². The Kier molecular flexibility index (Phi) is 6.22. The van der Waals surface area contributed by atoms with Crippen molar-refractivity contribution in [2.45, 2.75) is 52.7 Å². The summed E-state index contributed by atoms with van der Waals surface area (Å²) in [5, 5.41) is 0.240. The van der Waals surface area contributed by atoms with Crippen molar-refractivity contribution >= 4 is 23.4 Å². The van der Waals surface area contributed by atoms with Crippen molar-refractivity contribution in [3.05, 3.63) is 45.7 Å². The van der Waals surface area contributed by atoms with E-state index in [-0.39, 0.29) is 29.1 Å². The van der Waals surface area contributed by atoms with Crippen LogP contribution in [0.4, 0.5) is 0 Å². The molecule has 0 bridgehead atoms. The van der Waals surface area contributed by atoms with E-state index in [2.05, 4.69) is 4.57 Å². The van der Waals surface area contributed by atoms with Crippen molar-refractivity contribution < 1.29 is 23.8 Å². The Bertz CT molecular complexity index is 943. The molecule has 0 amide bonds. The summed E-state index contributed by atoms with van der Waals surface area (Å²) in [4.78, 5) is 25.1. The van der Waals surface area contributed by atoms with E-state index in [9.17, 15) is 9.59 Å². The number of hydrogen-bond acceptors (Lipinski definition) is 5. The summed E-state index contributed by atoms with van der Waals surface area (Å²) in [6.07, 6.45) is 2.17. The number of benzene rings is 1. The quantitative estimate of drug-likeness (QED) is 0.448. The highest BCUT2D eigenvalue weighted by Gasteiger charge is 2.28. The fraction of sp³-hybridized carbons (Fsp3) is 0.455. The summed E-state index contributed by atoms with van der Waals surface area (Å²) in [5.74, 6) is -0.177. The van der Waals surface area contributed by atoms with Crippen LogP contribution in [0.25, 0.3) is 0 Å². The second-order valence-electron chi connectivity index (χ2n) is 7.54. The summed E-state index contributed by atoms with van der Waals surface area (Å²) < 4.78 is 18.4. The van der Waals surface area contributed by atoms with Gasteiger partial charge >= 0.3 is 5.97 Å². The van der Waals surface area contributed by atoms with E-state index >= 15 is 0 Å². The van der Waals surface area contributed by atoms with Gasteiger partial charge in [-0.05, 0) is 58.7 Å². The summed E-state index contributed by atoms with van der Waals surface area (Å²) in [5.41, 5.74) is 2.76. The van der Waals surface area contributed by atoms with E-state index in [0.29, 0.717) is 23.1 Å². The zero-order valence-electron chi connectivity index (χ0n) is 17.4. The molecule has 156 valence electrons. The monoisotopic (exact) mass is 419 g/mol. The van der Waals surface area contributed by atoms with E-state index in [1.165, 1.54) is 19.2 Å². The first-order chi connectivity index (χ1) is 13.7. The summed E-state index contributed by atoms with van der Waals surface area (Å²) in [6, 6.07) is 5.30. The van der Waals surface area contributed by atoms with E-state index < -0.39 is 5.97 Å². The van der Waals surface area contributed by atoms with Crippen LogP contribution in [0.2, 0.25) is 5.02 Å². The van der Waals surface area contributed by atoms with Crippen molar-refractivity contribution in [1.82, 2.24) is 4.57 Å². The number of aryl methyl sites for hydroxylation is 1. The van der Waals surface area contributed by atoms with Crippen LogP contribution in [0, 0.1) is 13.8 Å². The van der Waals surface area contributed by atoms with Gasteiger partial charge in [0.15, 0.2) is 18.1 Å². The molecule has 1 heterocycles. The molecule has 0 radical (unpaired) electrons. The van der Waals surface area contributed by atoms with Crippen molar-refractivity contribution in [2.24, 2.45) is 0 Å². The number of hydrogen-bond donors (Lipinski definition) is 0. The van der Waals surface area contributed by atoms with Crippen molar-refractivity contribution in [3.8, 4) is 11.5 Å². The summed E-state index contributed by atoms with van der Waals surface area (Å²) in [6.45, 7) is 7.31. The fourth-order valence-corrected chi connectivity index (χ4v) is 3.69. The number of rotatable bonds is 8. The molecule has 0 saturated heterocycles. The molecule has 1 fully saturated rings. The molecule has 6 nitrogen and oxygen atoms in total. The van der Waals surface area contributed by atoms with Gasteiger partial charge in [-0.1, -0.05) is 11.6 Å². The zero-order valence-corrected chi connectivity index (χ0v) is 18.1. The fourth-order valence-electron chi connectivity index (χ4n) is 3.43. The first-order valence-electron chi connectivity index (χ1n) is 9.65. The van der Waals surface area contributed by atoms with Crippen molar-refractivity contribution in [3.63, 3.8) is 0 Å². The number of methoxy groups -OCH3 is 1. The third-order valence-corrected chi connectivity index (χ3v) is 5.13. The highest BCUT2D eigenvalue weighted by molar-refractivity contribution is 6.32.